The quantitative estimate of drug-likeness (QED) is 0.0295. The molecule has 1 aromatic heterocycles. The Labute approximate surface area is 477 Å². The van der Waals surface area contributed by atoms with E-state index in [0.29, 0.717) is 57.1 Å². The van der Waals surface area contributed by atoms with Crippen molar-refractivity contribution in [3.05, 3.63) is 18.7 Å². The Hall–Kier alpha value is -2.46. The summed E-state index contributed by atoms with van der Waals surface area (Å²) in [7, 11) is 0. The third kappa shape index (κ3) is 48.0. The molecule has 0 saturated heterocycles. The molecule has 0 radical (unpaired) electrons. The van der Waals surface area contributed by atoms with Crippen LogP contribution in [0.1, 0.15) is 330 Å². The molecule has 0 saturated carbocycles. The Bertz CT molecular complexity index is 1340. The monoisotopic (exact) mass is 1080 g/mol. The molecule has 1 N–H and O–H groups in total. The first-order valence-corrected chi connectivity index (χ1v) is 33.8. The Kier molecular flexibility index (Phi) is 53.5. The number of unbranched alkanes of at least 4 members (excludes halogenated alkanes) is 29. The molecule has 77 heavy (non-hydrogen) atoms. The fraction of sp³-hybridized carbons (Fsp3) is 0.910. The van der Waals surface area contributed by atoms with E-state index in [1.54, 1.807) is 0 Å². The first kappa shape index (κ1) is 72.6. The summed E-state index contributed by atoms with van der Waals surface area (Å²) in [6.45, 7) is 17.2. The number of aryl methyl sites for hydroxylation is 1. The summed E-state index contributed by atoms with van der Waals surface area (Å²) in [5.41, 5.74) is 0. The maximum absolute atomic E-state index is 12.7. The molecule has 1 rings (SSSR count). The molecule has 10 nitrogen and oxygen atoms in total. The van der Waals surface area contributed by atoms with Crippen molar-refractivity contribution in [2.24, 2.45) is 11.8 Å². The molecule has 0 spiro atoms. The minimum absolute atomic E-state index is 0.00179. The minimum Gasteiger partial charge on any atom is -0.466 e. The molecule has 0 aromatic carbocycles. The van der Waals surface area contributed by atoms with Crippen LogP contribution in [0.25, 0.3) is 0 Å². The summed E-state index contributed by atoms with van der Waals surface area (Å²) in [6.07, 6.45) is 59.1. The van der Waals surface area contributed by atoms with Crippen LogP contribution in [0.5, 0.6) is 0 Å². The van der Waals surface area contributed by atoms with Crippen molar-refractivity contribution in [1.82, 2.24) is 19.8 Å². The van der Waals surface area contributed by atoms with Crippen molar-refractivity contribution in [3.63, 3.8) is 0 Å². The van der Waals surface area contributed by atoms with E-state index in [1.807, 2.05) is 12.5 Å². The third-order valence-electron chi connectivity index (χ3n) is 16.1. The van der Waals surface area contributed by atoms with Crippen molar-refractivity contribution in [1.29, 1.82) is 0 Å². The molecule has 0 aliphatic rings. The summed E-state index contributed by atoms with van der Waals surface area (Å²) in [4.78, 5) is 44.8. The Morgan fingerprint density at radius 1 is 0.429 bits per heavy atom. The third-order valence-corrected chi connectivity index (χ3v) is 16.1. The second kappa shape index (κ2) is 56.8. The van der Waals surface area contributed by atoms with E-state index >= 15 is 0 Å². The van der Waals surface area contributed by atoms with Crippen LogP contribution in [0, 0.1) is 11.8 Å². The van der Waals surface area contributed by atoms with Gasteiger partial charge in [0.1, 0.15) is 0 Å². The number of imidazole rings is 1. The molecule has 1 aromatic rings. The van der Waals surface area contributed by atoms with Gasteiger partial charge in [0.05, 0.1) is 32.3 Å². The molecule has 0 aliphatic carbocycles. The van der Waals surface area contributed by atoms with Gasteiger partial charge in [-0.3, -0.25) is 19.3 Å². The fourth-order valence-corrected chi connectivity index (χ4v) is 10.9. The fourth-order valence-electron chi connectivity index (χ4n) is 10.9. The summed E-state index contributed by atoms with van der Waals surface area (Å²) >= 11 is 0. The maximum Gasteiger partial charge on any atom is 0.305 e. The lowest BCUT2D eigenvalue weighted by Gasteiger charge is -2.33. The Morgan fingerprint density at radius 3 is 1.31 bits per heavy atom. The summed E-state index contributed by atoms with van der Waals surface area (Å²) in [5, 5.41) is 4.06. The lowest BCUT2D eigenvalue weighted by atomic mass is 9.96. The van der Waals surface area contributed by atoms with Crippen LogP contribution in [0.3, 0.4) is 0 Å². The van der Waals surface area contributed by atoms with Gasteiger partial charge in [0.15, 0.2) is 0 Å². The molecule has 10 heteroatoms. The van der Waals surface area contributed by atoms with Gasteiger partial charge in [0, 0.05) is 44.7 Å². The zero-order valence-corrected chi connectivity index (χ0v) is 51.7. The zero-order valence-electron chi connectivity index (χ0n) is 51.7. The molecule has 1 heterocycles. The summed E-state index contributed by atoms with van der Waals surface area (Å²) < 4.78 is 19.4. The first-order valence-electron chi connectivity index (χ1n) is 33.8. The van der Waals surface area contributed by atoms with Crippen molar-refractivity contribution in [2.45, 2.75) is 343 Å². The molecule has 3 unspecified atom stereocenters. The second-order valence-corrected chi connectivity index (χ2v) is 23.5. The Balaban J connectivity index is 2.65. The van der Waals surface area contributed by atoms with Gasteiger partial charge in [0.2, 0.25) is 0 Å². The topological polar surface area (TPSA) is 112 Å². The average Bonchev–Trinajstić information content (AvgIpc) is 3.96. The lowest BCUT2D eigenvalue weighted by Crippen LogP contribution is -2.47. The van der Waals surface area contributed by atoms with Crippen LogP contribution in [0.15, 0.2) is 18.7 Å². The van der Waals surface area contributed by atoms with Crippen LogP contribution in [-0.2, 0) is 35.1 Å². The van der Waals surface area contributed by atoms with Gasteiger partial charge in [-0.05, 0) is 102 Å². The van der Waals surface area contributed by atoms with Gasteiger partial charge in [-0.25, -0.2) is 4.98 Å². The minimum atomic E-state index is -0.0175. The molecule has 452 valence electrons. The number of nitrogens with zero attached hydrogens (tertiary/aromatic N) is 3. The van der Waals surface area contributed by atoms with Crippen molar-refractivity contribution in [3.8, 4) is 0 Å². The van der Waals surface area contributed by atoms with E-state index in [9.17, 15) is 14.4 Å². The van der Waals surface area contributed by atoms with Crippen LogP contribution < -0.4 is 5.32 Å². The highest BCUT2D eigenvalue weighted by Gasteiger charge is 2.19. The van der Waals surface area contributed by atoms with Crippen LogP contribution in [-0.4, -0.2) is 78.0 Å². The van der Waals surface area contributed by atoms with Gasteiger partial charge in [-0.1, -0.05) is 234 Å². The van der Waals surface area contributed by atoms with Crippen molar-refractivity contribution >= 4 is 17.9 Å². The van der Waals surface area contributed by atoms with E-state index in [1.165, 1.54) is 205 Å². The largest absolute Gasteiger partial charge is 0.466 e. The summed E-state index contributed by atoms with van der Waals surface area (Å²) in [5.74, 6) is 1.01. The number of esters is 3. The van der Waals surface area contributed by atoms with Gasteiger partial charge in [-0.15, -0.1) is 0 Å². The number of aromatic nitrogens is 2. The number of hydrogen-bond acceptors (Lipinski definition) is 9. The summed E-state index contributed by atoms with van der Waals surface area (Å²) in [6, 6.07) is 0. The van der Waals surface area contributed by atoms with E-state index in [4.69, 9.17) is 14.2 Å². The smallest absolute Gasteiger partial charge is 0.305 e. The van der Waals surface area contributed by atoms with Crippen molar-refractivity contribution in [2.75, 3.05) is 39.5 Å². The highest BCUT2D eigenvalue weighted by molar-refractivity contribution is 5.69. The number of carbonyl (C=O) groups is 3. The van der Waals surface area contributed by atoms with Gasteiger partial charge in [-0.2, -0.15) is 0 Å². The number of ether oxygens (including phenoxy) is 3. The van der Waals surface area contributed by atoms with Gasteiger partial charge in [0.25, 0.3) is 0 Å². The van der Waals surface area contributed by atoms with E-state index in [2.05, 4.69) is 60.6 Å². The normalized spacial score (nSPS) is 12.8. The molecular weight excluding hydrogens is 957 g/mol. The molecule has 0 fully saturated rings. The zero-order chi connectivity index (χ0) is 55.8. The highest BCUT2D eigenvalue weighted by atomic mass is 16.5. The highest BCUT2D eigenvalue weighted by Crippen LogP contribution is 2.21. The molecule has 0 bridgehead atoms. The predicted octanol–water partition coefficient (Wildman–Crippen LogP) is 19.0. The van der Waals surface area contributed by atoms with E-state index in [-0.39, 0.29) is 17.9 Å². The molecule has 3 atom stereocenters. The molecular formula is C67H128N4O6. The van der Waals surface area contributed by atoms with Gasteiger partial charge < -0.3 is 24.1 Å². The SMILES string of the molecule is CCCCCCCCCCOC(=O)CCCCCCCCN(CCCn1ccnc1)C(CCCCCCCCC(=O)OCC(CCCC)CCCCCC)NCCCCCCCC(=O)OCC(CCCC)CCCCCC. The molecule has 0 aliphatic heterocycles. The Morgan fingerprint density at radius 2 is 0.818 bits per heavy atom. The van der Waals surface area contributed by atoms with Gasteiger partial charge >= 0.3 is 17.9 Å². The first-order chi connectivity index (χ1) is 37.9. The van der Waals surface area contributed by atoms with E-state index in [0.717, 1.165) is 96.8 Å². The number of nitrogens with one attached hydrogen (secondary N) is 1. The lowest BCUT2D eigenvalue weighted by molar-refractivity contribution is -0.146. The molecule has 0 amide bonds. The second-order valence-electron chi connectivity index (χ2n) is 23.5. The standard InChI is InChI=1S/C67H128N4O6/c1-6-11-16-19-20-25-33-42-58-75-65(72)49-37-29-23-24-32-41-55-71(56-43-54-70-57-53-68-61-70)64(48-36-27-21-22-28-38-50-66(73)76-59-62(44-14-9-4)46-34-17-12-7-2)69-52-40-31-26-30-39-51-67(74)77-60-63(45-15-10-5)47-35-18-13-8-3/h53,57,61-64,69H,6-52,54-56,58-60H2,1-5H3. The maximum atomic E-state index is 12.7. The average molecular weight is 1090 g/mol. The number of hydrogen-bond donors (Lipinski definition) is 1. The van der Waals surface area contributed by atoms with Crippen LogP contribution in [0.4, 0.5) is 0 Å². The number of rotatable bonds is 61. The van der Waals surface area contributed by atoms with Crippen LogP contribution >= 0.6 is 0 Å². The predicted molar refractivity (Wildman–Crippen MR) is 326 cm³/mol. The number of carbonyl (C=O) groups excluding carboxylic acids is 3. The van der Waals surface area contributed by atoms with E-state index < -0.39 is 0 Å². The van der Waals surface area contributed by atoms with Crippen molar-refractivity contribution < 1.29 is 28.6 Å². The van der Waals surface area contributed by atoms with Crippen LogP contribution in [0.2, 0.25) is 0 Å².